The van der Waals surface area contributed by atoms with Gasteiger partial charge in [0.25, 0.3) is 0 Å². The summed E-state index contributed by atoms with van der Waals surface area (Å²) in [6, 6.07) is 0. The van der Waals surface area contributed by atoms with E-state index in [2.05, 4.69) is 4.74 Å². The number of alkyl halides is 2. The summed E-state index contributed by atoms with van der Waals surface area (Å²) in [5.74, 6) is -5.68. The predicted octanol–water partition coefficient (Wildman–Crippen LogP) is 1.15. The molecule has 1 N–H and O–H groups in total. The van der Waals surface area contributed by atoms with Crippen molar-refractivity contribution in [2.75, 3.05) is 0 Å². The molecule has 15 heteroatoms. The molecule has 3 saturated heterocycles. The number of rotatable bonds is 11. The summed E-state index contributed by atoms with van der Waals surface area (Å²) in [7, 11) is -5.83. The Hall–Kier alpha value is -2.39. The van der Waals surface area contributed by atoms with Crippen molar-refractivity contribution in [1.82, 2.24) is 0 Å². The summed E-state index contributed by atoms with van der Waals surface area (Å²) < 4.78 is 83.3. The van der Waals surface area contributed by atoms with Gasteiger partial charge in [-0.15, -0.1) is 0 Å². The summed E-state index contributed by atoms with van der Waals surface area (Å²) in [5.41, 5.74) is -0.767. The van der Waals surface area contributed by atoms with Crippen molar-refractivity contribution in [3.05, 3.63) is 0 Å². The lowest BCUT2D eigenvalue weighted by Gasteiger charge is -2.32. The van der Waals surface area contributed by atoms with E-state index in [0.717, 1.165) is 0 Å². The zero-order valence-corrected chi connectivity index (χ0v) is 20.8. The summed E-state index contributed by atoms with van der Waals surface area (Å²) in [6.07, 6.45) is -6.83. The molecule has 3 aliphatic heterocycles. The van der Waals surface area contributed by atoms with Gasteiger partial charge in [0.15, 0.2) is 18.3 Å². The maximum Gasteiger partial charge on any atom is 0.405 e. The van der Waals surface area contributed by atoms with Crippen LogP contribution in [0.3, 0.4) is 0 Å². The molecule has 0 aromatic rings. The van der Waals surface area contributed by atoms with Crippen molar-refractivity contribution in [1.29, 1.82) is 0 Å². The highest BCUT2D eigenvalue weighted by Crippen LogP contribution is 2.51. The van der Waals surface area contributed by atoms with Crippen LogP contribution in [0.2, 0.25) is 0 Å². The first-order valence-electron chi connectivity index (χ1n) is 11.4. The molecule has 0 saturated carbocycles. The standard InChI is InChI=1S/C21H28F2O12S/c1-5-20(4,6-2)35-19(27)13-12-14-17(34-18(12)26)16(15(13)33-14)32-11(25)8-7-10(24)31-9(3)21(22,23)36(28,29)30/h9,12-17H,5-8H2,1-4H3,(H,28,29,30). The second-order valence-electron chi connectivity index (χ2n) is 9.22. The number of carbonyl (C=O) groups excluding carboxylic acids is 4. The Balaban J connectivity index is 1.60. The minimum Gasteiger partial charge on any atom is -0.459 e. The Bertz CT molecular complexity index is 1020. The highest BCUT2D eigenvalue weighted by atomic mass is 32.2. The van der Waals surface area contributed by atoms with Crippen LogP contribution in [0.25, 0.3) is 0 Å². The average molecular weight is 543 g/mol. The fraction of sp³-hybridized carbons (Fsp3) is 0.810. The van der Waals surface area contributed by atoms with E-state index >= 15 is 0 Å². The Kier molecular flexibility index (Phi) is 7.69. The third-order valence-electron chi connectivity index (χ3n) is 6.95. The van der Waals surface area contributed by atoms with Crippen molar-refractivity contribution < 1.29 is 64.6 Å². The van der Waals surface area contributed by atoms with Gasteiger partial charge < -0.3 is 23.7 Å². The second-order valence-corrected chi connectivity index (χ2v) is 10.7. The van der Waals surface area contributed by atoms with Crippen molar-refractivity contribution in [2.45, 2.75) is 94.8 Å². The van der Waals surface area contributed by atoms with Gasteiger partial charge in [0.05, 0.1) is 12.8 Å². The maximum atomic E-state index is 13.5. The monoisotopic (exact) mass is 542 g/mol. The van der Waals surface area contributed by atoms with Crippen LogP contribution in [-0.4, -0.2) is 78.2 Å². The zero-order valence-electron chi connectivity index (χ0n) is 20.0. The van der Waals surface area contributed by atoms with E-state index in [1.807, 2.05) is 13.8 Å². The quantitative estimate of drug-likeness (QED) is 0.225. The fourth-order valence-corrected chi connectivity index (χ4v) is 4.86. The zero-order chi connectivity index (χ0) is 27.2. The van der Waals surface area contributed by atoms with Crippen LogP contribution in [0.5, 0.6) is 0 Å². The third-order valence-corrected chi connectivity index (χ3v) is 7.97. The summed E-state index contributed by atoms with van der Waals surface area (Å²) >= 11 is 0. The van der Waals surface area contributed by atoms with Gasteiger partial charge in [-0.05, 0) is 26.7 Å². The molecular weight excluding hydrogens is 514 g/mol. The fourth-order valence-electron chi connectivity index (χ4n) is 4.39. The smallest absolute Gasteiger partial charge is 0.405 e. The summed E-state index contributed by atoms with van der Waals surface area (Å²) in [6.45, 7) is 5.99. The van der Waals surface area contributed by atoms with Gasteiger partial charge >= 0.3 is 39.2 Å². The van der Waals surface area contributed by atoms with Gasteiger partial charge in [-0.2, -0.15) is 17.2 Å². The molecule has 7 unspecified atom stereocenters. The normalized spacial score (nSPS) is 30.0. The first-order chi connectivity index (χ1) is 16.6. The van der Waals surface area contributed by atoms with Gasteiger partial charge in [0.1, 0.15) is 29.6 Å². The molecule has 12 nitrogen and oxygen atoms in total. The van der Waals surface area contributed by atoms with Gasteiger partial charge in [0.2, 0.25) is 0 Å². The van der Waals surface area contributed by atoms with Crippen LogP contribution in [0.1, 0.15) is 53.4 Å². The Morgan fingerprint density at radius 1 is 1.08 bits per heavy atom. The van der Waals surface area contributed by atoms with E-state index in [9.17, 15) is 36.4 Å². The molecule has 3 rings (SSSR count). The van der Waals surface area contributed by atoms with Crippen LogP contribution in [0, 0.1) is 11.8 Å². The molecule has 3 heterocycles. The highest BCUT2D eigenvalue weighted by molar-refractivity contribution is 7.86. The van der Waals surface area contributed by atoms with E-state index in [4.69, 9.17) is 23.5 Å². The van der Waals surface area contributed by atoms with E-state index in [1.165, 1.54) is 0 Å². The largest absolute Gasteiger partial charge is 0.459 e. The molecular formula is C21H28F2O12S. The van der Waals surface area contributed by atoms with E-state index in [0.29, 0.717) is 19.8 Å². The minimum atomic E-state index is -5.83. The van der Waals surface area contributed by atoms with Gasteiger partial charge in [-0.1, -0.05) is 13.8 Å². The first kappa shape index (κ1) is 28.2. The van der Waals surface area contributed by atoms with Crippen molar-refractivity contribution >= 4 is 34.0 Å². The van der Waals surface area contributed by atoms with Gasteiger partial charge in [-0.3, -0.25) is 23.7 Å². The van der Waals surface area contributed by atoms with Gasteiger partial charge in [0, 0.05) is 0 Å². The molecule has 7 atom stereocenters. The number of esters is 4. The molecule has 2 bridgehead atoms. The van der Waals surface area contributed by atoms with E-state index < -0.39 is 100 Å². The average Bonchev–Trinajstić information content (AvgIpc) is 3.40. The number of carbonyl (C=O) groups is 4. The van der Waals surface area contributed by atoms with E-state index in [-0.39, 0.29) is 0 Å². The Morgan fingerprint density at radius 3 is 2.22 bits per heavy atom. The Morgan fingerprint density at radius 2 is 1.67 bits per heavy atom. The number of halogens is 2. The molecule has 0 aliphatic carbocycles. The van der Waals surface area contributed by atoms with Crippen molar-refractivity contribution in [2.24, 2.45) is 11.8 Å². The summed E-state index contributed by atoms with van der Waals surface area (Å²) in [4.78, 5) is 49.5. The topological polar surface area (TPSA) is 169 Å². The molecule has 36 heavy (non-hydrogen) atoms. The second kappa shape index (κ2) is 9.82. The van der Waals surface area contributed by atoms with Crippen LogP contribution < -0.4 is 0 Å². The van der Waals surface area contributed by atoms with Gasteiger partial charge in [-0.25, -0.2) is 0 Å². The van der Waals surface area contributed by atoms with Crippen LogP contribution in [-0.2, 0) is 53.0 Å². The number of hydrogen-bond acceptors (Lipinski definition) is 11. The molecule has 3 aliphatic rings. The molecule has 0 radical (unpaired) electrons. The van der Waals surface area contributed by atoms with Crippen molar-refractivity contribution in [3.8, 4) is 0 Å². The molecule has 0 aromatic heterocycles. The Labute approximate surface area is 205 Å². The first-order valence-corrected chi connectivity index (χ1v) is 12.8. The maximum absolute atomic E-state index is 13.5. The number of hydrogen-bond donors (Lipinski definition) is 1. The third kappa shape index (κ3) is 5.05. The molecule has 0 spiro atoms. The lowest BCUT2D eigenvalue weighted by molar-refractivity contribution is -0.173. The summed E-state index contributed by atoms with van der Waals surface area (Å²) in [5, 5.41) is -4.75. The molecule has 204 valence electrons. The van der Waals surface area contributed by atoms with Crippen LogP contribution >= 0.6 is 0 Å². The number of ether oxygens (including phenoxy) is 5. The van der Waals surface area contributed by atoms with Crippen molar-refractivity contribution in [3.63, 3.8) is 0 Å². The molecule has 3 fully saturated rings. The SMILES string of the molecule is CCC(C)(CC)OC(=O)C1C2OC3C(OC(=O)C31)C2OC(=O)CCC(=O)OC(C)C(F)(F)S(=O)(=O)O. The van der Waals surface area contributed by atoms with E-state index in [1.54, 1.807) is 6.92 Å². The molecule has 0 amide bonds. The number of fused-ring (bicyclic) bond motifs is 1. The predicted molar refractivity (Wildman–Crippen MR) is 112 cm³/mol. The minimum absolute atomic E-state index is 0.526. The van der Waals surface area contributed by atoms with Crippen LogP contribution in [0.15, 0.2) is 0 Å². The lowest BCUT2D eigenvalue weighted by Crippen LogP contribution is -2.49. The molecule has 0 aromatic carbocycles. The lowest BCUT2D eigenvalue weighted by atomic mass is 9.78. The highest BCUT2D eigenvalue weighted by Gasteiger charge is 2.72. The van der Waals surface area contributed by atoms with Crippen LogP contribution in [0.4, 0.5) is 8.78 Å².